The van der Waals surface area contributed by atoms with Crippen LogP contribution in [-0.4, -0.2) is 17.6 Å². The maximum atomic E-state index is 11.4. The summed E-state index contributed by atoms with van der Waals surface area (Å²) in [6, 6.07) is 5.06. The highest BCUT2D eigenvalue weighted by atomic mass is 35.5. The second-order valence-electron chi connectivity index (χ2n) is 3.49. The van der Waals surface area contributed by atoms with Gasteiger partial charge in [-0.1, -0.05) is 23.2 Å². The Morgan fingerprint density at radius 2 is 2.22 bits per heavy atom. The van der Waals surface area contributed by atoms with E-state index >= 15 is 0 Å². The average molecular weight is 285 g/mol. The second kappa shape index (κ2) is 5.42. The number of carbonyl (C=O) groups excluding carboxylic acids is 1. The molecule has 1 heterocycles. The third-order valence-electron chi connectivity index (χ3n) is 2.27. The van der Waals surface area contributed by atoms with Crippen molar-refractivity contribution in [3.05, 3.63) is 34.4 Å². The molecule has 0 spiro atoms. The van der Waals surface area contributed by atoms with Crippen molar-refractivity contribution in [2.24, 2.45) is 0 Å². The van der Waals surface area contributed by atoms with Crippen LogP contribution < -0.4 is 10.1 Å². The molecule has 0 bridgehead atoms. The molecule has 2 rings (SSSR count). The first-order valence-corrected chi connectivity index (χ1v) is 6.07. The number of nitrogens with zero attached hydrogens (tertiary/aromatic N) is 1. The molecule has 2 aromatic rings. The number of rotatable bonds is 2. The number of fused-ring (bicyclic) bond motifs is 1. The predicted molar refractivity (Wildman–Crippen MR) is 71.5 cm³/mol. The lowest BCUT2D eigenvalue weighted by Gasteiger charge is -2.10. The van der Waals surface area contributed by atoms with Crippen molar-refractivity contribution in [3.63, 3.8) is 0 Å². The SMILES string of the molecule is CCNC(=O)Oc1c(Cl)cc(Cl)c2cccnc12. The van der Waals surface area contributed by atoms with E-state index in [1.807, 2.05) is 0 Å². The number of carbonyl (C=O) groups is 1. The molecule has 94 valence electrons. The fourth-order valence-corrected chi connectivity index (χ4v) is 2.07. The van der Waals surface area contributed by atoms with Gasteiger partial charge < -0.3 is 10.1 Å². The molecule has 1 aromatic heterocycles. The van der Waals surface area contributed by atoms with E-state index in [2.05, 4.69) is 10.3 Å². The van der Waals surface area contributed by atoms with Crippen molar-refractivity contribution < 1.29 is 9.53 Å². The summed E-state index contributed by atoms with van der Waals surface area (Å²) in [6.45, 7) is 2.26. The third-order valence-corrected chi connectivity index (χ3v) is 2.86. The molecule has 0 aliphatic heterocycles. The molecule has 0 saturated heterocycles. The van der Waals surface area contributed by atoms with Crippen molar-refractivity contribution in [2.75, 3.05) is 6.54 Å². The number of aromatic nitrogens is 1. The van der Waals surface area contributed by atoms with Crippen molar-refractivity contribution >= 4 is 40.2 Å². The van der Waals surface area contributed by atoms with Crippen LogP contribution in [0.25, 0.3) is 10.9 Å². The highest BCUT2D eigenvalue weighted by Crippen LogP contribution is 2.36. The van der Waals surface area contributed by atoms with Gasteiger partial charge in [-0.25, -0.2) is 4.79 Å². The van der Waals surface area contributed by atoms with Crippen LogP contribution in [0.15, 0.2) is 24.4 Å². The summed E-state index contributed by atoms with van der Waals surface area (Å²) in [5.74, 6) is 0.211. The molecule has 1 N–H and O–H groups in total. The highest BCUT2D eigenvalue weighted by Gasteiger charge is 2.15. The summed E-state index contributed by atoms with van der Waals surface area (Å²) in [7, 11) is 0. The van der Waals surface area contributed by atoms with Gasteiger partial charge in [0.2, 0.25) is 0 Å². The van der Waals surface area contributed by atoms with Crippen LogP contribution in [0, 0.1) is 0 Å². The summed E-state index contributed by atoms with van der Waals surface area (Å²) in [6.07, 6.45) is 1.01. The normalized spacial score (nSPS) is 10.4. The van der Waals surface area contributed by atoms with Gasteiger partial charge in [0.05, 0.1) is 10.0 Å². The number of nitrogens with one attached hydrogen (secondary N) is 1. The summed E-state index contributed by atoms with van der Waals surface area (Å²) in [4.78, 5) is 15.6. The molecule has 4 nitrogen and oxygen atoms in total. The quantitative estimate of drug-likeness (QED) is 0.916. The predicted octanol–water partition coefficient (Wildman–Crippen LogP) is 3.65. The first kappa shape index (κ1) is 12.9. The van der Waals surface area contributed by atoms with E-state index in [9.17, 15) is 4.79 Å². The number of halogens is 2. The molecule has 0 saturated carbocycles. The smallest absolute Gasteiger partial charge is 0.406 e. The first-order valence-electron chi connectivity index (χ1n) is 5.32. The number of ether oxygens (including phenoxy) is 1. The fraction of sp³-hybridized carbons (Fsp3) is 0.167. The van der Waals surface area contributed by atoms with Gasteiger partial charge >= 0.3 is 6.09 Å². The number of pyridine rings is 1. The van der Waals surface area contributed by atoms with Gasteiger partial charge in [-0.2, -0.15) is 0 Å². The van der Waals surface area contributed by atoms with Crippen LogP contribution in [0.5, 0.6) is 5.75 Å². The molecule has 1 amide bonds. The molecule has 0 fully saturated rings. The van der Waals surface area contributed by atoms with E-state index in [-0.39, 0.29) is 10.8 Å². The maximum absolute atomic E-state index is 11.4. The molecule has 0 unspecified atom stereocenters. The first-order chi connectivity index (χ1) is 8.63. The zero-order valence-corrected chi connectivity index (χ0v) is 11.0. The molecular weight excluding hydrogens is 275 g/mol. The largest absolute Gasteiger partial charge is 0.412 e. The van der Waals surface area contributed by atoms with Gasteiger partial charge in [0.1, 0.15) is 5.52 Å². The topological polar surface area (TPSA) is 51.2 Å². The molecule has 0 radical (unpaired) electrons. The van der Waals surface area contributed by atoms with E-state index in [4.69, 9.17) is 27.9 Å². The van der Waals surface area contributed by atoms with Gasteiger partial charge in [-0.3, -0.25) is 4.98 Å². The molecule has 1 aromatic carbocycles. The summed E-state index contributed by atoms with van der Waals surface area (Å²) in [5.41, 5.74) is 0.459. The van der Waals surface area contributed by atoms with Crippen molar-refractivity contribution in [3.8, 4) is 5.75 Å². The zero-order valence-electron chi connectivity index (χ0n) is 9.54. The standard InChI is InChI=1S/C12H10Cl2N2O2/c1-2-15-12(17)18-11-9(14)6-8(13)7-4-3-5-16-10(7)11/h3-6H,2H2,1H3,(H,15,17). The van der Waals surface area contributed by atoms with Crippen LogP contribution in [-0.2, 0) is 0 Å². The van der Waals surface area contributed by atoms with Gasteiger partial charge in [0, 0.05) is 18.1 Å². The number of hydrogen-bond acceptors (Lipinski definition) is 3. The summed E-state index contributed by atoms with van der Waals surface area (Å²) >= 11 is 12.1. The number of benzene rings is 1. The fourth-order valence-electron chi connectivity index (χ4n) is 1.52. The summed E-state index contributed by atoms with van der Waals surface area (Å²) in [5, 5.41) is 3.92. The van der Waals surface area contributed by atoms with E-state index < -0.39 is 6.09 Å². The average Bonchev–Trinajstić information content (AvgIpc) is 2.35. The van der Waals surface area contributed by atoms with Crippen LogP contribution in [0.2, 0.25) is 10.0 Å². The lowest BCUT2D eigenvalue weighted by Crippen LogP contribution is -2.26. The van der Waals surface area contributed by atoms with Crippen LogP contribution in [0.1, 0.15) is 6.92 Å². The Bertz CT molecular complexity index is 602. The van der Waals surface area contributed by atoms with Gasteiger partial charge in [-0.05, 0) is 25.1 Å². The van der Waals surface area contributed by atoms with E-state index in [1.54, 1.807) is 25.3 Å². The van der Waals surface area contributed by atoms with Gasteiger partial charge in [0.25, 0.3) is 0 Å². The molecule has 0 aliphatic rings. The molecule has 0 atom stereocenters. The third kappa shape index (κ3) is 2.49. The van der Waals surface area contributed by atoms with Crippen molar-refractivity contribution in [2.45, 2.75) is 6.92 Å². The molecular formula is C12H10Cl2N2O2. The molecule has 6 heteroatoms. The summed E-state index contributed by atoms with van der Waals surface area (Å²) < 4.78 is 5.15. The Hall–Kier alpha value is -1.52. The zero-order chi connectivity index (χ0) is 13.1. The minimum Gasteiger partial charge on any atom is -0.406 e. The van der Waals surface area contributed by atoms with E-state index in [0.29, 0.717) is 22.5 Å². The second-order valence-corrected chi connectivity index (χ2v) is 4.30. The minimum absolute atomic E-state index is 0.211. The van der Waals surface area contributed by atoms with Crippen LogP contribution >= 0.6 is 23.2 Å². The lowest BCUT2D eigenvalue weighted by atomic mass is 10.2. The van der Waals surface area contributed by atoms with E-state index in [1.165, 1.54) is 6.07 Å². The van der Waals surface area contributed by atoms with Gasteiger partial charge in [-0.15, -0.1) is 0 Å². The maximum Gasteiger partial charge on any atom is 0.412 e. The lowest BCUT2D eigenvalue weighted by molar-refractivity contribution is 0.201. The monoisotopic (exact) mass is 284 g/mol. The van der Waals surface area contributed by atoms with Crippen LogP contribution in [0.4, 0.5) is 4.79 Å². The molecule has 0 aliphatic carbocycles. The van der Waals surface area contributed by atoms with Gasteiger partial charge in [0.15, 0.2) is 5.75 Å². The Morgan fingerprint density at radius 1 is 1.44 bits per heavy atom. The highest BCUT2D eigenvalue weighted by molar-refractivity contribution is 6.39. The van der Waals surface area contributed by atoms with Crippen LogP contribution in [0.3, 0.4) is 0 Å². The minimum atomic E-state index is -0.575. The Kier molecular flexibility index (Phi) is 3.89. The number of hydrogen-bond donors (Lipinski definition) is 1. The van der Waals surface area contributed by atoms with E-state index in [0.717, 1.165) is 0 Å². The van der Waals surface area contributed by atoms with Crippen molar-refractivity contribution in [1.82, 2.24) is 10.3 Å². The Morgan fingerprint density at radius 3 is 2.94 bits per heavy atom. The molecule has 18 heavy (non-hydrogen) atoms. The number of amides is 1. The Labute approximate surface area is 114 Å². The Balaban J connectivity index is 2.52. The van der Waals surface area contributed by atoms with Crippen molar-refractivity contribution in [1.29, 1.82) is 0 Å².